The van der Waals surface area contributed by atoms with Gasteiger partial charge in [0.05, 0.1) is 10.6 Å². The molecule has 0 aliphatic carbocycles. The van der Waals surface area contributed by atoms with Gasteiger partial charge in [0.2, 0.25) is 10.0 Å². The number of methoxy groups -OCH3 is 1. The van der Waals surface area contributed by atoms with Crippen molar-refractivity contribution in [1.82, 2.24) is 0 Å². The summed E-state index contributed by atoms with van der Waals surface area (Å²) < 4.78 is 52.4. The number of hydrogen-bond donors (Lipinski definition) is 1. The molecule has 19 heavy (non-hydrogen) atoms. The molecule has 0 bridgehead atoms. The lowest BCUT2D eigenvalue weighted by atomic mass is 10.3. The molecule has 0 heterocycles. The lowest BCUT2D eigenvalue weighted by Gasteiger charge is -2.08. The number of halogens is 1. The van der Waals surface area contributed by atoms with Crippen LogP contribution >= 0.6 is 10.7 Å². The van der Waals surface area contributed by atoms with Crippen LogP contribution in [-0.2, 0) is 23.8 Å². The Morgan fingerprint density at radius 2 is 1.74 bits per heavy atom. The number of ether oxygens (including phenoxy) is 1. The Labute approximate surface area is 117 Å². The van der Waals surface area contributed by atoms with Gasteiger partial charge in [-0.05, 0) is 30.7 Å². The van der Waals surface area contributed by atoms with E-state index in [1.54, 1.807) is 0 Å². The Balaban J connectivity index is 2.73. The summed E-state index contributed by atoms with van der Waals surface area (Å²) in [6.45, 7) is 0.352. The van der Waals surface area contributed by atoms with Gasteiger partial charge < -0.3 is 4.74 Å². The molecule has 0 aliphatic heterocycles. The molecular formula is C10H14ClNO5S2. The molecule has 0 saturated heterocycles. The SMILES string of the molecule is COCCCS(=O)(=O)Nc1ccc(S(=O)(=O)Cl)cc1. The average molecular weight is 328 g/mol. The van der Waals surface area contributed by atoms with E-state index in [-0.39, 0.29) is 16.3 Å². The van der Waals surface area contributed by atoms with Gasteiger partial charge in [-0.25, -0.2) is 16.8 Å². The summed E-state index contributed by atoms with van der Waals surface area (Å²) in [6, 6.07) is 5.14. The Bertz CT molecular complexity index is 610. The topological polar surface area (TPSA) is 89.5 Å². The van der Waals surface area contributed by atoms with E-state index in [2.05, 4.69) is 4.72 Å². The van der Waals surface area contributed by atoms with Crippen molar-refractivity contribution in [2.75, 3.05) is 24.2 Å². The molecule has 1 N–H and O–H groups in total. The molecule has 108 valence electrons. The minimum atomic E-state index is -3.80. The van der Waals surface area contributed by atoms with Gasteiger partial charge in [0, 0.05) is 30.1 Å². The van der Waals surface area contributed by atoms with E-state index in [1.807, 2.05) is 0 Å². The summed E-state index contributed by atoms with van der Waals surface area (Å²) in [5.74, 6) is -0.0730. The van der Waals surface area contributed by atoms with E-state index >= 15 is 0 Å². The molecule has 0 saturated carbocycles. The highest BCUT2D eigenvalue weighted by Crippen LogP contribution is 2.18. The van der Waals surface area contributed by atoms with Crippen molar-refractivity contribution < 1.29 is 21.6 Å². The average Bonchev–Trinajstić information content (AvgIpc) is 2.28. The first kappa shape index (κ1) is 16.2. The van der Waals surface area contributed by atoms with Gasteiger partial charge in [-0.15, -0.1) is 0 Å². The van der Waals surface area contributed by atoms with Crippen LogP contribution in [0.1, 0.15) is 6.42 Å². The van der Waals surface area contributed by atoms with Gasteiger partial charge in [-0.1, -0.05) is 0 Å². The molecule has 1 aromatic carbocycles. The van der Waals surface area contributed by atoms with Crippen LogP contribution in [-0.4, -0.2) is 36.3 Å². The summed E-state index contributed by atoms with van der Waals surface area (Å²) >= 11 is 0. The Morgan fingerprint density at radius 1 is 1.16 bits per heavy atom. The van der Waals surface area contributed by atoms with Crippen molar-refractivity contribution in [1.29, 1.82) is 0 Å². The van der Waals surface area contributed by atoms with Crippen LogP contribution in [0.15, 0.2) is 29.2 Å². The molecular weight excluding hydrogens is 314 g/mol. The summed E-state index contributed by atoms with van der Waals surface area (Å²) in [5, 5.41) is 0. The third kappa shape index (κ3) is 5.77. The van der Waals surface area contributed by atoms with E-state index in [1.165, 1.54) is 31.4 Å². The standard InChI is InChI=1S/C10H14ClNO5S2/c1-17-7-2-8-18(13,14)12-9-3-5-10(6-4-9)19(11,15)16/h3-6,12H,2,7-8H2,1H3. The minimum Gasteiger partial charge on any atom is -0.385 e. The van der Waals surface area contributed by atoms with Crippen LogP contribution in [0, 0.1) is 0 Å². The first-order valence-corrected chi connectivity index (χ1v) is 9.25. The summed E-state index contributed by atoms with van der Waals surface area (Å²) in [6.07, 6.45) is 0.375. The zero-order valence-corrected chi connectivity index (χ0v) is 12.6. The Hall–Kier alpha value is -0.830. The van der Waals surface area contributed by atoms with Crippen LogP contribution in [0.3, 0.4) is 0 Å². The van der Waals surface area contributed by atoms with Crippen LogP contribution in [0.25, 0.3) is 0 Å². The summed E-state index contributed by atoms with van der Waals surface area (Å²) in [7, 11) is -0.630. The smallest absolute Gasteiger partial charge is 0.261 e. The molecule has 1 aromatic rings. The van der Waals surface area contributed by atoms with Crippen molar-refractivity contribution in [2.45, 2.75) is 11.3 Å². The molecule has 0 aliphatic rings. The number of anilines is 1. The summed E-state index contributed by atoms with van der Waals surface area (Å²) in [4.78, 5) is -0.0866. The van der Waals surface area contributed by atoms with Crippen molar-refractivity contribution >= 4 is 35.4 Å². The lowest BCUT2D eigenvalue weighted by Crippen LogP contribution is -2.17. The molecule has 1 rings (SSSR count). The molecule has 0 radical (unpaired) electrons. The quantitative estimate of drug-likeness (QED) is 0.604. The molecule has 0 amide bonds. The maximum Gasteiger partial charge on any atom is 0.261 e. The highest BCUT2D eigenvalue weighted by atomic mass is 35.7. The normalized spacial score (nSPS) is 12.3. The van der Waals surface area contributed by atoms with Crippen LogP contribution in [0.5, 0.6) is 0 Å². The zero-order valence-electron chi connectivity index (χ0n) is 10.2. The van der Waals surface area contributed by atoms with E-state index in [0.717, 1.165) is 0 Å². The van der Waals surface area contributed by atoms with Crippen molar-refractivity contribution in [3.05, 3.63) is 24.3 Å². The van der Waals surface area contributed by atoms with E-state index in [4.69, 9.17) is 15.4 Å². The van der Waals surface area contributed by atoms with Gasteiger partial charge in [-0.2, -0.15) is 0 Å². The predicted octanol–water partition coefficient (Wildman–Crippen LogP) is 1.39. The number of rotatable bonds is 7. The molecule has 9 heteroatoms. The number of sulfonamides is 1. The van der Waals surface area contributed by atoms with Crippen molar-refractivity contribution in [3.63, 3.8) is 0 Å². The van der Waals surface area contributed by atoms with E-state index in [9.17, 15) is 16.8 Å². The largest absolute Gasteiger partial charge is 0.385 e. The molecule has 0 aromatic heterocycles. The Morgan fingerprint density at radius 3 is 2.21 bits per heavy atom. The highest BCUT2D eigenvalue weighted by molar-refractivity contribution is 8.13. The maximum absolute atomic E-state index is 11.6. The monoisotopic (exact) mass is 327 g/mol. The van der Waals surface area contributed by atoms with Crippen LogP contribution < -0.4 is 4.72 Å². The fourth-order valence-corrected chi connectivity index (χ4v) is 3.17. The Kier molecular flexibility index (Phi) is 5.60. The number of hydrogen-bond acceptors (Lipinski definition) is 5. The second kappa shape index (κ2) is 6.56. The van der Waals surface area contributed by atoms with Gasteiger partial charge in [-0.3, -0.25) is 4.72 Å². The van der Waals surface area contributed by atoms with Crippen LogP contribution in [0.4, 0.5) is 5.69 Å². The first-order valence-electron chi connectivity index (χ1n) is 5.29. The molecule has 0 fully saturated rings. The third-order valence-electron chi connectivity index (χ3n) is 2.17. The number of benzene rings is 1. The van der Waals surface area contributed by atoms with E-state index in [0.29, 0.717) is 13.0 Å². The third-order valence-corrected chi connectivity index (χ3v) is 4.91. The van der Waals surface area contributed by atoms with Gasteiger partial charge in [0.1, 0.15) is 0 Å². The molecule has 0 unspecified atom stereocenters. The van der Waals surface area contributed by atoms with Crippen molar-refractivity contribution in [2.24, 2.45) is 0 Å². The zero-order chi connectivity index (χ0) is 14.5. The van der Waals surface area contributed by atoms with Crippen LogP contribution in [0.2, 0.25) is 0 Å². The second-order valence-electron chi connectivity index (χ2n) is 3.73. The van der Waals surface area contributed by atoms with E-state index < -0.39 is 19.1 Å². The molecule has 0 spiro atoms. The molecule has 6 nitrogen and oxygen atoms in total. The fraction of sp³-hybridized carbons (Fsp3) is 0.400. The second-order valence-corrected chi connectivity index (χ2v) is 8.14. The number of nitrogens with one attached hydrogen (secondary N) is 1. The van der Waals surface area contributed by atoms with Crippen molar-refractivity contribution in [3.8, 4) is 0 Å². The maximum atomic E-state index is 11.6. The van der Waals surface area contributed by atoms with Gasteiger partial charge in [0.25, 0.3) is 9.05 Å². The van der Waals surface area contributed by atoms with Gasteiger partial charge >= 0.3 is 0 Å². The minimum absolute atomic E-state index is 0.0730. The summed E-state index contributed by atoms with van der Waals surface area (Å²) in [5.41, 5.74) is 0.279. The first-order chi connectivity index (χ1) is 8.74. The predicted molar refractivity (Wildman–Crippen MR) is 73.4 cm³/mol. The fourth-order valence-electron chi connectivity index (χ4n) is 1.31. The highest BCUT2D eigenvalue weighted by Gasteiger charge is 2.12. The van der Waals surface area contributed by atoms with Gasteiger partial charge in [0.15, 0.2) is 0 Å². The lowest BCUT2D eigenvalue weighted by molar-refractivity contribution is 0.199. The molecule has 0 atom stereocenters.